The molecule has 0 aromatic heterocycles. The second kappa shape index (κ2) is 6.84. The molecule has 1 N–H and O–H groups in total. The minimum absolute atomic E-state index is 0.196. The SMILES string of the molecule is B[C@]1(Cc2ccc3c(c2)CC[C@H](Cc2ccccc2)O3)SC(=O)NC1=O. The zero-order valence-corrected chi connectivity index (χ0v) is 15.5. The quantitative estimate of drug-likeness (QED) is 0.846. The van der Waals surface area contributed by atoms with Crippen molar-refractivity contribution < 1.29 is 14.3 Å². The van der Waals surface area contributed by atoms with Gasteiger partial charge < -0.3 is 4.74 Å². The molecule has 0 bridgehead atoms. The normalized spacial score (nSPS) is 24.7. The maximum atomic E-state index is 12.0. The summed E-state index contributed by atoms with van der Waals surface area (Å²) < 4.78 is 5.46. The van der Waals surface area contributed by atoms with Crippen molar-refractivity contribution in [1.82, 2.24) is 5.32 Å². The van der Waals surface area contributed by atoms with Crippen LogP contribution in [0.15, 0.2) is 48.5 Å². The van der Waals surface area contributed by atoms with Crippen LogP contribution in [0.2, 0.25) is 0 Å². The van der Waals surface area contributed by atoms with Crippen LogP contribution in [0, 0.1) is 0 Å². The summed E-state index contributed by atoms with van der Waals surface area (Å²) in [6, 6.07) is 16.5. The van der Waals surface area contributed by atoms with Crippen LogP contribution in [0.25, 0.3) is 0 Å². The number of nitrogens with one attached hydrogen (secondary N) is 1. The lowest BCUT2D eigenvalue weighted by Gasteiger charge is -2.27. The van der Waals surface area contributed by atoms with Crippen molar-refractivity contribution in [1.29, 1.82) is 0 Å². The number of carbonyl (C=O) groups excluding carboxylic acids is 2. The molecule has 2 heterocycles. The molecule has 0 aliphatic carbocycles. The van der Waals surface area contributed by atoms with Gasteiger partial charge in [-0.3, -0.25) is 14.9 Å². The number of amides is 2. The Balaban J connectivity index is 1.46. The molecule has 4 nitrogen and oxygen atoms in total. The van der Waals surface area contributed by atoms with Gasteiger partial charge in [-0.15, -0.1) is 0 Å². The Morgan fingerprint density at radius 3 is 2.69 bits per heavy atom. The first kappa shape index (κ1) is 17.2. The van der Waals surface area contributed by atoms with Crippen LogP contribution in [-0.2, 0) is 24.1 Å². The summed E-state index contributed by atoms with van der Waals surface area (Å²) in [5.74, 6) is 0.732. The highest BCUT2D eigenvalue weighted by atomic mass is 32.2. The standard InChI is InChI=1S/C20H20BNO3S/c21-20(18(23)22-19(24)26-20)12-14-6-9-17-15(10-14)7-8-16(25-17)11-13-4-2-1-3-5-13/h1-6,9-10,16H,7-8,11-12,21H2,(H,22,23,24)/t16-,20-/m1/s1. The maximum Gasteiger partial charge on any atom is 0.285 e. The third-order valence-electron chi connectivity index (χ3n) is 5.02. The summed E-state index contributed by atoms with van der Waals surface area (Å²) in [7, 11) is 1.82. The van der Waals surface area contributed by atoms with Gasteiger partial charge in [-0.05, 0) is 42.0 Å². The van der Waals surface area contributed by atoms with E-state index in [-0.39, 0.29) is 17.3 Å². The molecule has 1 saturated heterocycles. The molecule has 26 heavy (non-hydrogen) atoms. The van der Waals surface area contributed by atoms with E-state index in [1.54, 1.807) is 0 Å². The zero-order chi connectivity index (χ0) is 18.1. The Morgan fingerprint density at radius 2 is 1.96 bits per heavy atom. The molecular weight excluding hydrogens is 345 g/mol. The molecule has 2 amide bonds. The molecule has 1 fully saturated rings. The van der Waals surface area contributed by atoms with Crippen molar-refractivity contribution in [2.45, 2.75) is 36.4 Å². The number of hydrogen-bond donors (Lipinski definition) is 1. The predicted molar refractivity (Wildman–Crippen MR) is 105 cm³/mol. The van der Waals surface area contributed by atoms with Crippen LogP contribution in [0.3, 0.4) is 0 Å². The van der Waals surface area contributed by atoms with E-state index in [4.69, 9.17) is 4.74 Å². The van der Waals surface area contributed by atoms with Crippen LogP contribution in [-0.4, -0.2) is 29.7 Å². The second-order valence-electron chi connectivity index (χ2n) is 7.16. The van der Waals surface area contributed by atoms with Gasteiger partial charge in [0.05, 0.1) is 4.65 Å². The highest BCUT2D eigenvalue weighted by molar-refractivity contribution is 8.17. The summed E-state index contributed by atoms with van der Waals surface area (Å²) in [6.45, 7) is 0. The number of ether oxygens (including phenoxy) is 1. The fourth-order valence-electron chi connectivity index (χ4n) is 3.64. The summed E-state index contributed by atoms with van der Waals surface area (Å²) in [4.78, 5) is 23.5. The number of fused-ring (bicyclic) bond motifs is 1. The van der Waals surface area contributed by atoms with Gasteiger partial charge in [0.25, 0.3) is 5.24 Å². The Hall–Kier alpha value is -2.21. The van der Waals surface area contributed by atoms with Crippen molar-refractivity contribution in [3.8, 4) is 5.75 Å². The fourth-order valence-corrected chi connectivity index (χ4v) is 4.57. The molecule has 2 aromatic carbocycles. The molecule has 2 aliphatic rings. The van der Waals surface area contributed by atoms with Crippen molar-refractivity contribution >= 4 is 30.8 Å². The van der Waals surface area contributed by atoms with Crippen LogP contribution in [0.4, 0.5) is 4.79 Å². The Morgan fingerprint density at radius 1 is 1.15 bits per heavy atom. The van der Waals surface area contributed by atoms with E-state index >= 15 is 0 Å². The predicted octanol–water partition coefficient (Wildman–Crippen LogP) is 2.48. The first-order valence-electron chi connectivity index (χ1n) is 8.89. The maximum absolute atomic E-state index is 12.0. The number of benzene rings is 2. The van der Waals surface area contributed by atoms with Crippen molar-refractivity contribution in [2.75, 3.05) is 0 Å². The van der Waals surface area contributed by atoms with Crippen LogP contribution in [0.1, 0.15) is 23.1 Å². The molecule has 132 valence electrons. The summed E-state index contributed by atoms with van der Waals surface area (Å²) >= 11 is 1.08. The molecule has 0 saturated carbocycles. The number of hydrogen-bond acceptors (Lipinski definition) is 4. The van der Waals surface area contributed by atoms with Gasteiger partial charge >= 0.3 is 0 Å². The van der Waals surface area contributed by atoms with E-state index < -0.39 is 4.65 Å². The summed E-state index contributed by atoms with van der Waals surface area (Å²) in [6.07, 6.45) is 3.60. The molecule has 0 radical (unpaired) electrons. The van der Waals surface area contributed by atoms with Crippen molar-refractivity contribution in [2.24, 2.45) is 0 Å². The highest BCUT2D eigenvalue weighted by Gasteiger charge is 2.43. The Kier molecular flexibility index (Phi) is 4.53. The molecule has 2 aromatic rings. The fraction of sp³-hybridized carbons (Fsp3) is 0.300. The lowest BCUT2D eigenvalue weighted by molar-refractivity contribution is -0.119. The molecule has 2 aliphatic heterocycles. The van der Waals surface area contributed by atoms with Crippen LogP contribution < -0.4 is 10.1 Å². The minimum Gasteiger partial charge on any atom is -0.490 e. The van der Waals surface area contributed by atoms with Gasteiger partial charge in [0, 0.05) is 6.42 Å². The van der Waals surface area contributed by atoms with Crippen molar-refractivity contribution in [3.63, 3.8) is 0 Å². The third-order valence-corrected chi connectivity index (χ3v) is 6.08. The van der Waals surface area contributed by atoms with E-state index in [1.807, 2.05) is 26.0 Å². The molecule has 0 spiro atoms. The molecule has 6 heteroatoms. The number of aryl methyl sites for hydroxylation is 1. The van der Waals surface area contributed by atoms with E-state index in [2.05, 4.69) is 35.6 Å². The number of carbonyl (C=O) groups is 2. The summed E-state index contributed by atoms with van der Waals surface area (Å²) in [5.41, 5.74) is 3.54. The smallest absolute Gasteiger partial charge is 0.285 e. The third kappa shape index (κ3) is 3.51. The summed E-state index contributed by atoms with van der Waals surface area (Å²) in [5, 5.41) is 2.12. The minimum atomic E-state index is -0.726. The largest absolute Gasteiger partial charge is 0.490 e. The zero-order valence-electron chi connectivity index (χ0n) is 14.7. The van der Waals surface area contributed by atoms with Gasteiger partial charge in [0.1, 0.15) is 19.7 Å². The monoisotopic (exact) mass is 365 g/mol. The van der Waals surface area contributed by atoms with E-state index in [0.717, 1.165) is 42.3 Å². The Bertz CT molecular complexity index is 857. The topological polar surface area (TPSA) is 55.4 Å². The van der Waals surface area contributed by atoms with Crippen LogP contribution in [0.5, 0.6) is 5.75 Å². The van der Waals surface area contributed by atoms with Crippen LogP contribution >= 0.6 is 11.8 Å². The van der Waals surface area contributed by atoms with Gasteiger partial charge in [0.15, 0.2) is 0 Å². The highest BCUT2D eigenvalue weighted by Crippen LogP contribution is 2.35. The average molecular weight is 365 g/mol. The lowest BCUT2D eigenvalue weighted by atomic mass is 9.79. The second-order valence-corrected chi connectivity index (χ2v) is 8.64. The number of imide groups is 1. The molecule has 4 rings (SSSR count). The molecule has 2 atom stereocenters. The van der Waals surface area contributed by atoms with Crippen molar-refractivity contribution in [3.05, 3.63) is 65.2 Å². The number of thioether (sulfide) groups is 1. The van der Waals surface area contributed by atoms with Gasteiger partial charge in [-0.25, -0.2) is 0 Å². The first-order chi connectivity index (χ1) is 12.5. The lowest BCUT2D eigenvalue weighted by Crippen LogP contribution is -2.39. The average Bonchev–Trinajstić information content (AvgIpc) is 2.87. The first-order valence-corrected chi connectivity index (χ1v) is 9.70. The van der Waals surface area contributed by atoms with E-state index in [1.165, 1.54) is 11.1 Å². The van der Waals surface area contributed by atoms with Gasteiger partial charge in [-0.2, -0.15) is 0 Å². The molecular formula is C20H20BNO3S. The van der Waals surface area contributed by atoms with E-state index in [9.17, 15) is 9.59 Å². The van der Waals surface area contributed by atoms with Gasteiger partial charge in [-0.1, -0.05) is 54.2 Å². The van der Waals surface area contributed by atoms with E-state index in [0.29, 0.717) is 6.42 Å². The number of rotatable bonds is 4. The Labute approximate surface area is 158 Å². The van der Waals surface area contributed by atoms with Gasteiger partial charge in [0.2, 0.25) is 5.91 Å². The molecule has 0 unspecified atom stereocenters.